The van der Waals surface area contributed by atoms with Crippen molar-refractivity contribution >= 4 is 23.4 Å². The Balaban J connectivity index is 2.08. The van der Waals surface area contributed by atoms with Gasteiger partial charge in [-0.25, -0.2) is 4.79 Å². The van der Waals surface area contributed by atoms with Gasteiger partial charge in [-0.05, 0) is 30.5 Å². The molecule has 0 fully saturated rings. The van der Waals surface area contributed by atoms with Gasteiger partial charge in [-0.3, -0.25) is 4.98 Å². The van der Waals surface area contributed by atoms with Crippen LogP contribution in [0.25, 0.3) is 0 Å². The molecule has 0 unspecified atom stereocenters. The zero-order valence-corrected chi connectivity index (χ0v) is 12.0. The number of pyridine rings is 1. The zero-order valence-electron chi connectivity index (χ0n) is 11.2. The van der Waals surface area contributed by atoms with Gasteiger partial charge in [0.15, 0.2) is 0 Å². The van der Waals surface area contributed by atoms with Gasteiger partial charge in [-0.1, -0.05) is 12.1 Å². The van der Waals surface area contributed by atoms with E-state index in [-0.39, 0.29) is 0 Å². The molecule has 0 aliphatic rings. The highest BCUT2D eigenvalue weighted by molar-refractivity contribution is 7.98. The van der Waals surface area contributed by atoms with Crippen molar-refractivity contribution in [3.05, 3.63) is 53.9 Å². The van der Waals surface area contributed by atoms with Crippen LogP contribution in [0.4, 0.5) is 5.69 Å². The molecule has 1 aromatic heterocycles. The number of hydrogen-bond acceptors (Lipinski definition) is 4. The number of hydrogen-bond donors (Lipinski definition) is 2. The minimum absolute atomic E-state index is 0.334. The van der Waals surface area contributed by atoms with Crippen molar-refractivity contribution < 1.29 is 9.90 Å². The number of aromatic carboxylic acids is 1. The number of carboxylic acids is 1. The van der Waals surface area contributed by atoms with Crippen LogP contribution >= 0.6 is 11.8 Å². The van der Waals surface area contributed by atoms with Crippen LogP contribution in [0, 0.1) is 0 Å². The summed E-state index contributed by atoms with van der Waals surface area (Å²) in [5, 5.41) is 12.5. The van der Waals surface area contributed by atoms with Crippen LogP contribution in [0.1, 0.15) is 16.1 Å². The first-order chi connectivity index (χ1) is 9.72. The molecular weight excluding hydrogens is 272 g/mol. The predicted molar refractivity (Wildman–Crippen MR) is 81.6 cm³/mol. The van der Waals surface area contributed by atoms with Crippen LogP contribution in [0.15, 0.2) is 47.5 Å². The summed E-state index contributed by atoms with van der Waals surface area (Å²) < 4.78 is 0. The molecule has 0 atom stereocenters. The zero-order chi connectivity index (χ0) is 14.4. The van der Waals surface area contributed by atoms with E-state index in [2.05, 4.69) is 10.3 Å². The normalized spacial score (nSPS) is 10.2. The highest BCUT2D eigenvalue weighted by Gasteiger charge is 2.14. The summed E-state index contributed by atoms with van der Waals surface area (Å²) >= 11 is 1.43. The van der Waals surface area contributed by atoms with Crippen LogP contribution in [0.3, 0.4) is 0 Å². The smallest absolute Gasteiger partial charge is 0.338 e. The molecule has 0 bridgehead atoms. The molecule has 0 saturated heterocycles. The molecule has 104 valence electrons. The van der Waals surface area contributed by atoms with Crippen LogP contribution in [0.2, 0.25) is 0 Å². The lowest BCUT2D eigenvalue weighted by Gasteiger charge is -2.12. The average molecular weight is 288 g/mol. The molecule has 0 aliphatic heterocycles. The molecule has 2 rings (SSSR count). The van der Waals surface area contributed by atoms with Gasteiger partial charge in [0.1, 0.15) is 0 Å². The summed E-state index contributed by atoms with van der Waals surface area (Å²) in [7, 11) is 0. The Morgan fingerprint density at radius 3 is 2.80 bits per heavy atom. The first kappa shape index (κ1) is 14.4. The second kappa shape index (κ2) is 6.96. The lowest BCUT2D eigenvalue weighted by atomic mass is 10.1. The number of benzene rings is 1. The number of thioether (sulfide) groups is 1. The van der Waals surface area contributed by atoms with Crippen molar-refractivity contribution in [2.24, 2.45) is 0 Å². The molecular formula is C15H16N2O2S. The monoisotopic (exact) mass is 288 g/mol. The van der Waals surface area contributed by atoms with Crippen molar-refractivity contribution in [3.63, 3.8) is 0 Å². The third-order valence-electron chi connectivity index (χ3n) is 2.88. The summed E-state index contributed by atoms with van der Waals surface area (Å²) in [6.45, 7) is 0.648. The fourth-order valence-corrected chi connectivity index (χ4v) is 2.56. The number of anilines is 1. The van der Waals surface area contributed by atoms with Gasteiger partial charge in [-0.15, -0.1) is 11.8 Å². The highest BCUT2D eigenvalue weighted by atomic mass is 32.2. The largest absolute Gasteiger partial charge is 0.478 e. The van der Waals surface area contributed by atoms with E-state index >= 15 is 0 Å². The fourth-order valence-electron chi connectivity index (χ4n) is 1.94. The van der Waals surface area contributed by atoms with Crippen LogP contribution in [-0.4, -0.2) is 28.9 Å². The van der Waals surface area contributed by atoms with Gasteiger partial charge in [0.2, 0.25) is 0 Å². The van der Waals surface area contributed by atoms with Gasteiger partial charge in [0, 0.05) is 35.4 Å². The van der Waals surface area contributed by atoms with Crippen molar-refractivity contribution in [1.29, 1.82) is 0 Å². The fraction of sp³-hybridized carbons (Fsp3) is 0.200. The second-order valence-electron chi connectivity index (χ2n) is 4.19. The number of rotatable bonds is 6. The molecule has 20 heavy (non-hydrogen) atoms. The van der Waals surface area contributed by atoms with Gasteiger partial charge >= 0.3 is 5.97 Å². The number of aromatic nitrogens is 1. The first-order valence-corrected chi connectivity index (χ1v) is 7.49. The number of nitrogens with one attached hydrogen (secondary N) is 1. The van der Waals surface area contributed by atoms with E-state index in [0.29, 0.717) is 17.8 Å². The minimum Gasteiger partial charge on any atom is -0.478 e. The maximum atomic E-state index is 11.4. The molecule has 1 heterocycles. The predicted octanol–water partition coefficient (Wildman–Crippen LogP) is 3.16. The molecule has 2 aromatic rings. The average Bonchev–Trinajstić information content (AvgIpc) is 2.47. The van der Waals surface area contributed by atoms with E-state index < -0.39 is 5.97 Å². The second-order valence-corrected chi connectivity index (χ2v) is 5.03. The van der Waals surface area contributed by atoms with E-state index in [9.17, 15) is 9.90 Å². The lowest BCUT2D eigenvalue weighted by Crippen LogP contribution is -2.11. The summed E-state index contributed by atoms with van der Waals surface area (Å²) in [5.74, 6) is -0.907. The van der Waals surface area contributed by atoms with Crippen molar-refractivity contribution in [2.75, 3.05) is 18.1 Å². The van der Waals surface area contributed by atoms with Gasteiger partial charge in [-0.2, -0.15) is 0 Å². The van der Waals surface area contributed by atoms with E-state index in [1.807, 2.05) is 36.6 Å². The summed E-state index contributed by atoms with van der Waals surface area (Å²) in [6, 6.07) is 11.2. The SMILES string of the molecule is CSc1cccc(NCCc2ccccn2)c1C(=O)O. The van der Waals surface area contributed by atoms with Gasteiger partial charge in [0.05, 0.1) is 5.56 Å². The Morgan fingerprint density at radius 2 is 2.15 bits per heavy atom. The standard InChI is InChI=1S/C15H16N2O2S/c1-20-13-7-4-6-12(14(13)15(18)19)17-10-8-11-5-2-3-9-16-11/h2-7,9,17H,8,10H2,1H3,(H,18,19). The molecule has 0 amide bonds. The summed E-state index contributed by atoms with van der Waals surface area (Å²) in [6.07, 6.45) is 4.38. The van der Waals surface area contributed by atoms with Crippen molar-refractivity contribution in [1.82, 2.24) is 4.98 Å². The number of carbonyl (C=O) groups is 1. The van der Waals surface area contributed by atoms with E-state index in [0.717, 1.165) is 17.0 Å². The minimum atomic E-state index is -0.907. The molecule has 0 aliphatic carbocycles. The molecule has 2 N–H and O–H groups in total. The highest BCUT2D eigenvalue weighted by Crippen LogP contribution is 2.27. The lowest BCUT2D eigenvalue weighted by molar-refractivity contribution is 0.0694. The topological polar surface area (TPSA) is 62.2 Å². The van der Waals surface area contributed by atoms with Gasteiger partial charge in [0.25, 0.3) is 0 Å². The first-order valence-electron chi connectivity index (χ1n) is 6.26. The Morgan fingerprint density at radius 1 is 1.30 bits per heavy atom. The molecule has 1 aromatic carbocycles. The Hall–Kier alpha value is -2.01. The molecule has 5 heteroatoms. The van der Waals surface area contributed by atoms with Crippen molar-refractivity contribution in [2.45, 2.75) is 11.3 Å². The Labute approximate surface area is 122 Å². The number of nitrogens with zero attached hydrogens (tertiary/aromatic N) is 1. The van der Waals surface area contributed by atoms with Crippen LogP contribution < -0.4 is 5.32 Å². The molecule has 0 saturated carbocycles. The van der Waals surface area contributed by atoms with E-state index in [1.54, 1.807) is 12.3 Å². The van der Waals surface area contributed by atoms with E-state index in [1.165, 1.54) is 11.8 Å². The molecule has 0 spiro atoms. The third kappa shape index (κ3) is 3.51. The number of carboxylic acid groups (broad SMARTS) is 1. The van der Waals surface area contributed by atoms with Gasteiger partial charge < -0.3 is 10.4 Å². The third-order valence-corrected chi connectivity index (χ3v) is 3.66. The maximum absolute atomic E-state index is 11.4. The maximum Gasteiger partial charge on any atom is 0.338 e. The molecule has 0 radical (unpaired) electrons. The summed E-state index contributed by atoms with van der Waals surface area (Å²) in [5.41, 5.74) is 1.97. The quantitative estimate of drug-likeness (QED) is 0.799. The Kier molecular flexibility index (Phi) is 5.01. The van der Waals surface area contributed by atoms with Crippen LogP contribution in [-0.2, 0) is 6.42 Å². The van der Waals surface area contributed by atoms with E-state index in [4.69, 9.17) is 0 Å². The van der Waals surface area contributed by atoms with Crippen molar-refractivity contribution in [3.8, 4) is 0 Å². The molecule has 4 nitrogen and oxygen atoms in total. The summed E-state index contributed by atoms with van der Waals surface area (Å²) in [4.78, 5) is 16.4. The Bertz CT molecular complexity index is 588. The van der Waals surface area contributed by atoms with Crippen LogP contribution in [0.5, 0.6) is 0 Å².